The Labute approximate surface area is 176 Å². The number of rotatable bonds is 8. The number of nitrogens with one attached hydrogen (secondary N) is 1. The van der Waals surface area contributed by atoms with Gasteiger partial charge in [-0.05, 0) is 39.5 Å². The van der Waals surface area contributed by atoms with Crippen LogP contribution in [0.4, 0.5) is 0 Å². The smallest absolute Gasteiger partial charge is 0.180 e. The van der Waals surface area contributed by atoms with Gasteiger partial charge in [0, 0.05) is 24.9 Å². The van der Waals surface area contributed by atoms with Gasteiger partial charge in [-0.2, -0.15) is 5.10 Å². The molecule has 0 saturated heterocycles. The lowest BCUT2D eigenvalue weighted by molar-refractivity contribution is 0.466. The summed E-state index contributed by atoms with van der Waals surface area (Å²) in [5.41, 5.74) is 4.42. The van der Waals surface area contributed by atoms with Gasteiger partial charge >= 0.3 is 0 Å². The molecular formula is C23H27N7. The first-order valence-electron chi connectivity index (χ1n) is 10.5. The molecule has 4 aromatic rings. The Hall–Kier alpha value is -3.35. The first-order valence-corrected chi connectivity index (χ1v) is 10.5. The molecule has 7 heteroatoms. The predicted octanol–water partition coefficient (Wildman–Crippen LogP) is 4.32. The van der Waals surface area contributed by atoms with E-state index in [1.165, 1.54) is 5.56 Å². The molecule has 0 saturated carbocycles. The van der Waals surface area contributed by atoms with Gasteiger partial charge in [0.25, 0.3) is 0 Å². The molecule has 0 atom stereocenters. The summed E-state index contributed by atoms with van der Waals surface area (Å²) in [5, 5.41) is 19.0. The van der Waals surface area contributed by atoms with Gasteiger partial charge in [-0.3, -0.25) is 0 Å². The zero-order valence-electron chi connectivity index (χ0n) is 17.7. The Balaban J connectivity index is 1.59. The highest BCUT2D eigenvalue weighted by Gasteiger charge is 2.13. The highest BCUT2D eigenvalue weighted by Crippen LogP contribution is 2.30. The Morgan fingerprint density at radius 2 is 1.77 bits per heavy atom. The summed E-state index contributed by atoms with van der Waals surface area (Å²) >= 11 is 0. The van der Waals surface area contributed by atoms with Crippen LogP contribution in [-0.4, -0.2) is 35.4 Å². The molecule has 0 bridgehead atoms. The number of tetrazole rings is 1. The number of aromatic nitrogens is 7. The van der Waals surface area contributed by atoms with Gasteiger partial charge < -0.3 is 0 Å². The largest absolute Gasteiger partial charge is 0.249 e. The number of aryl methyl sites for hydroxylation is 1. The standard InChI is InChI=1S/C23H27N7/c1-4-7-21-24-22(30(27-21)15-16(2)3)14-17-10-12-18(13-11-17)19-8-5-6-9-20(19)23-25-28-29-26-23/h5-6,8-13,16H,4,7,14-15H2,1-3H3,(H,25,26,28,29). The minimum absolute atomic E-state index is 0.532. The van der Waals surface area contributed by atoms with Crippen molar-refractivity contribution in [3.05, 3.63) is 65.7 Å². The molecular weight excluding hydrogens is 374 g/mol. The third-order valence-corrected chi connectivity index (χ3v) is 4.96. The molecule has 4 rings (SSSR count). The third kappa shape index (κ3) is 4.45. The van der Waals surface area contributed by atoms with Gasteiger partial charge in [-0.25, -0.2) is 14.8 Å². The average molecular weight is 402 g/mol. The minimum atomic E-state index is 0.532. The van der Waals surface area contributed by atoms with Crippen LogP contribution in [0.3, 0.4) is 0 Å². The first-order chi connectivity index (χ1) is 14.6. The van der Waals surface area contributed by atoms with Crippen molar-refractivity contribution in [3.8, 4) is 22.5 Å². The molecule has 2 heterocycles. The van der Waals surface area contributed by atoms with Crippen LogP contribution in [0.15, 0.2) is 48.5 Å². The van der Waals surface area contributed by atoms with Crippen LogP contribution in [0.5, 0.6) is 0 Å². The van der Waals surface area contributed by atoms with E-state index >= 15 is 0 Å². The van der Waals surface area contributed by atoms with E-state index in [2.05, 4.69) is 76.4 Å². The van der Waals surface area contributed by atoms with E-state index in [9.17, 15) is 0 Å². The van der Waals surface area contributed by atoms with Crippen molar-refractivity contribution in [3.63, 3.8) is 0 Å². The second kappa shape index (κ2) is 8.98. The summed E-state index contributed by atoms with van der Waals surface area (Å²) in [7, 11) is 0. The fourth-order valence-corrected chi connectivity index (χ4v) is 3.58. The third-order valence-electron chi connectivity index (χ3n) is 4.96. The molecule has 1 N–H and O–H groups in total. The van der Waals surface area contributed by atoms with Gasteiger partial charge in [0.15, 0.2) is 11.6 Å². The first kappa shape index (κ1) is 19.9. The van der Waals surface area contributed by atoms with Crippen molar-refractivity contribution in [1.82, 2.24) is 35.4 Å². The maximum atomic E-state index is 4.80. The molecule has 0 fully saturated rings. The molecule has 0 radical (unpaired) electrons. The number of hydrogen-bond donors (Lipinski definition) is 1. The van der Waals surface area contributed by atoms with Crippen LogP contribution in [0, 0.1) is 5.92 Å². The van der Waals surface area contributed by atoms with E-state index in [4.69, 9.17) is 10.1 Å². The van der Waals surface area contributed by atoms with E-state index in [0.29, 0.717) is 11.7 Å². The molecule has 0 aliphatic carbocycles. The monoisotopic (exact) mass is 401 g/mol. The summed E-state index contributed by atoms with van der Waals surface area (Å²) in [6.07, 6.45) is 2.75. The van der Waals surface area contributed by atoms with Gasteiger partial charge in [0.2, 0.25) is 0 Å². The highest BCUT2D eigenvalue weighted by molar-refractivity contribution is 5.80. The quantitative estimate of drug-likeness (QED) is 0.475. The molecule has 2 aromatic carbocycles. The second-order valence-corrected chi connectivity index (χ2v) is 7.94. The van der Waals surface area contributed by atoms with Crippen LogP contribution >= 0.6 is 0 Å². The summed E-state index contributed by atoms with van der Waals surface area (Å²) in [6.45, 7) is 7.47. The molecule has 0 aliphatic rings. The van der Waals surface area contributed by atoms with E-state index in [0.717, 1.165) is 54.1 Å². The number of aromatic amines is 1. The molecule has 0 unspecified atom stereocenters. The second-order valence-electron chi connectivity index (χ2n) is 7.94. The van der Waals surface area contributed by atoms with Crippen molar-refractivity contribution < 1.29 is 0 Å². The molecule has 0 amide bonds. The van der Waals surface area contributed by atoms with Crippen LogP contribution in [0.25, 0.3) is 22.5 Å². The average Bonchev–Trinajstić information content (AvgIpc) is 3.39. The summed E-state index contributed by atoms with van der Waals surface area (Å²) < 4.78 is 2.08. The van der Waals surface area contributed by atoms with Crippen LogP contribution < -0.4 is 0 Å². The Kier molecular flexibility index (Phi) is 5.97. The van der Waals surface area contributed by atoms with Crippen LogP contribution in [-0.2, 0) is 19.4 Å². The van der Waals surface area contributed by atoms with Crippen molar-refractivity contribution in [2.24, 2.45) is 5.92 Å². The van der Waals surface area contributed by atoms with Crippen molar-refractivity contribution in [2.75, 3.05) is 0 Å². The fourth-order valence-electron chi connectivity index (χ4n) is 3.58. The Morgan fingerprint density at radius 1 is 1.00 bits per heavy atom. The zero-order valence-corrected chi connectivity index (χ0v) is 17.7. The molecule has 7 nitrogen and oxygen atoms in total. The van der Waals surface area contributed by atoms with Gasteiger partial charge in [-0.15, -0.1) is 5.10 Å². The molecule has 2 aromatic heterocycles. The highest BCUT2D eigenvalue weighted by atomic mass is 15.5. The molecule has 154 valence electrons. The van der Waals surface area contributed by atoms with Gasteiger partial charge in [0.05, 0.1) is 0 Å². The summed E-state index contributed by atoms with van der Waals surface area (Å²) in [4.78, 5) is 4.80. The number of nitrogens with zero attached hydrogens (tertiary/aromatic N) is 6. The number of hydrogen-bond acceptors (Lipinski definition) is 5. The molecule has 0 spiro atoms. The van der Waals surface area contributed by atoms with Gasteiger partial charge in [-0.1, -0.05) is 69.3 Å². The SMILES string of the molecule is CCCc1nc(Cc2ccc(-c3ccccc3-c3nnn[nH]3)cc2)n(CC(C)C)n1. The van der Waals surface area contributed by atoms with Crippen LogP contribution in [0.2, 0.25) is 0 Å². The van der Waals surface area contributed by atoms with Crippen molar-refractivity contribution >= 4 is 0 Å². The normalized spacial score (nSPS) is 11.3. The molecule has 0 aliphatic heterocycles. The maximum absolute atomic E-state index is 4.80. The summed E-state index contributed by atoms with van der Waals surface area (Å²) in [5.74, 6) is 3.18. The van der Waals surface area contributed by atoms with E-state index < -0.39 is 0 Å². The number of H-pyrrole nitrogens is 1. The lowest BCUT2D eigenvalue weighted by Gasteiger charge is -2.10. The number of benzene rings is 2. The van der Waals surface area contributed by atoms with E-state index in [1.54, 1.807) is 0 Å². The lowest BCUT2D eigenvalue weighted by atomic mass is 9.98. The lowest BCUT2D eigenvalue weighted by Crippen LogP contribution is -2.10. The zero-order chi connectivity index (χ0) is 20.9. The molecule has 30 heavy (non-hydrogen) atoms. The van der Waals surface area contributed by atoms with E-state index in [1.807, 2.05) is 18.2 Å². The van der Waals surface area contributed by atoms with Crippen molar-refractivity contribution in [1.29, 1.82) is 0 Å². The maximum Gasteiger partial charge on any atom is 0.180 e. The van der Waals surface area contributed by atoms with Gasteiger partial charge in [0.1, 0.15) is 5.82 Å². The van der Waals surface area contributed by atoms with Crippen molar-refractivity contribution in [2.45, 2.75) is 46.6 Å². The Bertz CT molecular complexity index is 1080. The minimum Gasteiger partial charge on any atom is -0.249 e. The van der Waals surface area contributed by atoms with Crippen LogP contribution in [0.1, 0.15) is 44.4 Å². The Morgan fingerprint density at radius 3 is 2.43 bits per heavy atom. The van der Waals surface area contributed by atoms with E-state index in [-0.39, 0.29) is 0 Å². The topological polar surface area (TPSA) is 85.2 Å². The summed E-state index contributed by atoms with van der Waals surface area (Å²) in [6, 6.07) is 16.8. The predicted molar refractivity (Wildman–Crippen MR) is 117 cm³/mol. The fraction of sp³-hybridized carbons (Fsp3) is 0.348.